The number of benzene rings is 3. The Morgan fingerprint density at radius 3 is 2.23 bits per heavy atom. The van der Waals surface area contributed by atoms with Gasteiger partial charge in [0.05, 0.1) is 24.3 Å². The van der Waals surface area contributed by atoms with Crippen LogP contribution in [0.2, 0.25) is 0 Å². The van der Waals surface area contributed by atoms with Crippen LogP contribution in [-0.2, 0) is 10.0 Å². The monoisotopic (exact) mass is 426 g/mol. The maximum atomic E-state index is 12.5. The predicted molar refractivity (Wildman–Crippen MR) is 116 cm³/mol. The third-order valence-corrected chi connectivity index (χ3v) is 5.60. The van der Waals surface area contributed by atoms with E-state index in [1.54, 1.807) is 42.5 Å². The average molecular weight is 426 g/mol. The van der Waals surface area contributed by atoms with Crippen molar-refractivity contribution < 1.29 is 22.7 Å². The molecule has 0 aromatic heterocycles. The van der Waals surface area contributed by atoms with E-state index >= 15 is 0 Å². The van der Waals surface area contributed by atoms with E-state index in [0.29, 0.717) is 35.0 Å². The SMILES string of the molecule is CCOc1ccccc1NC(=O)c1ccc(NS(=O)(=O)c2ccc(OC)cc2)cc1. The van der Waals surface area contributed by atoms with Crippen molar-refractivity contribution in [1.29, 1.82) is 0 Å². The van der Waals surface area contributed by atoms with Crippen molar-refractivity contribution in [2.75, 3.05) is 23.8 Å². The second kappa shape index (κ2) is 9.32. The van der Waals surface area contributed by atoms with Crippen LogP contribution in [0.1, 0.15) is 17.3 Å². The van der Waals surface area contributed by atoms with Crippen LogP contribution in [0.5, 0.6) is 11.5 Å². The summed E-state index contributed by atoms with van der Waals surface area (Å²) >= 11 is 0. The number of rotatable bonds is 8. The van der Waals surface area contributed by atoms with Gasteiger partial charge in [0, 0.05) is 11.3 Å². The van der Waals surface area contributed by atoms with Crippen LogP contribution in [0.4, 0.5) is 11.4 Å². The van der Waals surface area contributed by atoms with Crippen molar-refractivity contribution >= 4 is 27.3 Å². The first-order chi connectivity index (χ1) is 14.4. The summed E-state index contributed by atoms with van der Waals surface area (Å²) in [6.07, 6.45) is 0. The van der Waals surface area contributed by atoms with Gasteiger partial charge in [-0.25, -0.2) is 8.42 Å². The molecule has 2 N–H and O–H groups in total. The number of hydrogen-bond donors (Lipinski definition) is 2. The normalized spacial score (nSPS) is 10.9. The van der Waals surface area contributed by atoms with E-state index in [-0.39, 0.29) is 10.8 Å². The van der Waals surface area contributed by atoms with Gasteiger partial charge in [-0.2, -0.15) is 0 Å². The third kappa shape index (κ3) is 5.09. The number of hydrogen-bond acceptors (Lipinski definition) is 5. The van der Waals surface area contributed by atoms with Crippen LogP contribution >= 0.6 is 0 Å². The van der Waals surface area contributed by atoms with Crippen LogP contribution in [0.3, 0.4) is 0 Å². The Morgan fingerprint density at radius 2 is 1.60 bits per heavy atom. The largest absolute Gasteiger partial charge is 0.497 e. The lowest BCUT2D eigenvalue weighted by Crippen LogP contribution is -2.14. The molecule has 0 radical (unpaired) electrons. The van der Waals surface area contributed by atoms with Gasteiger partial charge in [0.2, 0.25) is 0 Å². The lowest BCUT2D eigenvalue weighted by atomic mass is 10.2. The van der Waals surface area contributed by atoms with E-state index < -0.39 is 10.0 Å². The Balaban J connectivity index is 1.70. The van der Waals surface area contributed by atoms with Crippen molar-refractivity contribution in [3.05, 3.63) is 78.4 Å². The highest BCUT2D eigenvalue weighted by Crippen LogP contribution is 2.25. The summed E-state index contributed by atoms with van der Waals surface area (Å²) in [5.41, 5.74) is 1.29. The Hall–Kier alpha value is -3.52. The minimum Gasteiger partial charge on any atom is -0.497 e. The number of methoxy groups -OCH3 is 1. The molecule has 0 saturated carbocycles. The molecule has 0 fully saturated rings. The Bertz CT molecular complexity index is 1110. The summed E-state index contributed by atoms with van der Waals surface area (Å²) < 4.78 is 38.1. The first kappa shape index (κ1) is 21.2. The second-order valence-electron chi connectivity index (χ2n) is 6.24. The van der Waals surface area contributed by atoms with E-state index in [9.17, 15) is 13.2 Å². The summed E-state index contributed by atoms with van der Waals surface area (Å²) in [5, 5.41) is 2.80. The Labute approximate surface area is 175 Å². The maximum absolute atomic E-state index is 12.5. The van der Waals surface area contributed by atoms with Crippen LogP contribution in [-0.4, -0.2) is 28.0 Å². The highest BCUT2D eigenvalue weighted by Gasteiger charge is 2.15. The van der Waals surface area contributed by atoms with Gasteiger partial charge < -0.3 is 14.8 Å². The third-order valence-electron chi connectivity index (χ3n) is 4.20. The molecule has 0 unspecified atom stereocenters. The van der Waals surface area contributed by atoms with E-state index in [4.69, 9.17) is 9.47 Å². The molecule has 0 aliphatic rings. The topological polar surface area (TPSA) is 93.7 Å². The number of carbonyl (C=O) groups is 1. The highest BCUT2D eigenvalue weighted by molar-refractivity contribution is 7.92. The number of ether oxygens (including phenoxy) is 2. The molecule has 3 aromatic carbocycles. The average Bonchev–Trinajstić information content (AvgIpc) is 2.75. The van der Waals surface area contributed by atoms with Crippen LogP contribution in [0, 0.1) is 0 Å². The highest BCUT2D eigenvalue weighted by atomic mass is 32.2. The molecule has 0 aliphatic carbocycles. The van der Waals surface area contributed by atoms with Gasteiger partial charge in [-0.05, 0) is 67.6 Å². The minimum atomic E-state index is -3.75. The molecule has 7 nitrogen and oxygen atoms in total. The predicted octanol–water partition coefficient (Wildman–Crippen LogP) is 4.15. The second-order valence-corrected chi connectivity index (χ2v) is 7.92. The number of para-hydroxylation sites is 2. The summed E-state index contributed by atoms with van der Waals surface area (Å²) in [4.78, 5) is 12.6. The van der Waals surface area contributed by atoms with E-state index in [0.717, 1.165) is 0 Å². The fourth-order valence-electron chi connectivity index (χ4n) is 2.70. The molecule has 0 aliphatic heterocycles. The van der Waals surface area contributed by atoms with Gasteiger partial charge in [-0.1, -0.05) is 12.1 Å². The van der Waals surface area contributed by atoms with Crippen LogP contribution in [0.15, 0.2) is 77.7 Å². The molecule has 156 valence electrons. The standard InChI is InChI=1S/C22H22N2O5S/c1-3-29-21-7-5-4-6-20(21)23-22(25)16-8-10-17(11-9-16)24-30(26,27)19-14-12-18(28-2)13-15-19/h4-15,24H,3H2,1-2H3,(H,23,25). The Morgan fingerprint density at radius 1 is 0.933 bits per heavy atom. The van der Waals surface area contributed by atoms with Crippen molar-refractivity contribution in [1.82, 2.24) is 0 Å². The fourth-order valence-corrected chi connectivity index (χ4v) is 3.76. The summed E-state index contributed by atoms with van der Waals surface area (Å²) in [7, 11) is -2.25. The first-order valence-electron chi connectivity index (χ1n) is 9.23. The molecule has 3 rings (SSSR count). The molecule has 0 saturated heterocycles. The van der Waals surface area contributed by atoms with Crippen molar-refractivity contribution in [2.24, 2.45) is 0 Å². The molecule has 3 aromatic rings. The molecule has 0 atom stereocenters. The lowest BCUT2D eigenvalue weighted by molar-refractivity contribution is 0.102. The van der Waals surface area contributed by atoms with Gasteiger partial charge in [-0.15, -0.1) is 0 Å². The molecule has 0 spiro atoms. The van der Waals surface area contributed by atoms with E-state index in [1.807, 2.05) is 13.0 Å². The van der Waals surface area contributed by atoms with E-state index in [1.165, 1.54) is 31.4 Å². The van der Waals surface area contributed by atoms with Crippen molar-refractivity contribution in [3.8, 4) is 11.5 Å². The van der Waals surface area contributed by atoms with Crippen LogP contribution in [0.25, 0.3) is 0 Å². The smallest absolute Gasteiger partial charge is 0.261 e. The molecular formula is C22H22N2O5S. The molecule has 1 amide bonds. The van der Waals surface area contributed by atoms with Gasteiger partial charge in [0.15, 0.2) is 0 Å². The Kier molecular flexibility index (Phi) is 6.58. The first-order valence-corrected chi connectivity index (χ1v) is 10.7. The number of anilines is 2. The summed E-state index contributed by atoms with van der Waals surface area (Å²) in [6, 6.07) is 19.4. The summed E-state index contributed by atoms with van der Waals surface area (Å²) in [6.45, 7) is 2.35. The number of carbonyl (C=O) groups excluding carboxylic acids is 1. The fraction of sp³-hybridized carbons (Fsp3) is 0.136. The zero-order valence-electron chi connectivity index (χ0n) is 16.6. The lowest BCUT2D eigenvalue weighted by Gasteiger charge is -2.12. The summed E-state index contributed by atoms with van der Waals surface area (Å²) in [5.74, 6) is 0.819. The number of nitrogens with one attached hydrogen (secondary N) is 2. The zero-order chi connectivity index (χ0) is 21.6. The maximum Gasteiger partial charge on any atom is 0.261 e. The van der Waals surface area contributed by atoms with Crippen LogP contribution < -0.4 is 19.5 Å². The molecule has 8 heteroatoms. The number of amides is 1. The molecule has 0 heterocycles. The molecule has 0 bridgehead atoms. The van der Waals surface area contributed by atoms with Crippen molar-refractivity contribution in [2.45, 2.75) is 11.8 Å². The number of sulfonamides is 1. The van der Waals surface area contributed by atoms with Gasteiger partial charge in [0.25, 0.3) is 15.9 Å². The van der Waals surface area contributed by atoms with Gasteiger partial charge >= 0.3 is 0 Å². The van der Waals surface area contributed by atoms with Gasteiger partial charge in [0.1, 0.15) is 11.5 Å². The van der Waals surface area contributed by atoms with E-state index in [2.05, 4.69) is 10.0 Å². The van der Waals surface area contributed by atoms with Gasteiger partial charge in [-0.3, -0.25) is 9.52 Å². The quantitative estimate of drug-likeness (QED) is 0.564. The molecule has 30 heavy (non-hydrogen) atoms. The van der Waals surface area contributed by atoms with Crippen molar-refractivity contribution in [3.63, 3.8) is 0 Å². The minimum absolute atomic E-state index is 0.109. The zero-order valence-corrected chi connectivity index (χ0v) is 17.4. The molecular weight excluding hydrogens is 404 g/mol.